The number of benzene rings is 1. The zero-order valence-electron chi connectivity index (χ0n) is 10.9. The van der Waals surface area contributed by atoms with Crippen molar-refractivity contribution in [2.24, 2.45) is 0 Å². The summed E-state index contributed by atoms with van der Waals surface area (Å²) in [5.41, 5.74) is 5.45. The van der Waals surface area contributed by atoms with Crippen molar-refractivity contribution in [2.45, 2.75) is 26.0 Å². The molecule has 0 atom stereocenters. The lowest BCUT2D eigenvalue weighted by molar-refractivity contribution is 0.00798. The Morgan fingerprint density at radius 2 is 2.00 bits per heavy atom. The largest absolute Gasteiger partial charge is 0.385 e. The number of nitrogen functional groups attached to an aromatic ring is 1. The van der Waals surface area contributed by atoms with Crippen LogP contribution in [-0.2, 0) is 11.3 Å². The van der Waals surface area contributed by atoms with Crippen molar-refractivity contribution in [2.75, 3.05) is 12.8 Å². The molecule has 2 aromatic rings. The summed E-state index contributed by atoms with van der Waals surface area (Å²) in [6.45, 7) is 4.28. The van der Waals surface area contributed by atoms with Gasteiger partial charge in [0.15, 0.2) is 0 Å². The molecule has 4 heteroatoms. The van der Waals surface area contributed by atoms with Gasteiger partial charge in [-0.05, 0) is 31.4 Å². The third-order valence-corrected chi connectivity index (χ3v) is 3.14. The number of pyridine rings is 1. The first-order chi connectivity index (χ1) is 8.44. The summed E-state index contributed by atoms with van der Waals surface area (Å²) in [7, 11) is 1.63. The van der Waals surface area contributed by atoms with E-state index in [4.69, 9.17) is 10.5 Å². The van der Waals surface area contributed by atoms with Crippen LogP contribution in [0.1, 0.15) is 13.8 Å². The van der Waals surface area contributed by atoms with Gasteiger partial charge in [0, 0.05) is 12.5 Å². The fraction of sp³-hybridized carbons (Fsp3) is 0.357. The Bertz CT molecular complexity index is 629. The average molecular weight is 246 g/mol. The first-order valence-electron chi connectivity index (χ1n) is 5.88. The molecule has 0 spiro atoms. The van der Waals surface area contributed by atoms with E-state index in [9.17, 15) is 4.79 Å². The van der Waals surface area contributed by atoms with E-state index in [1.54, 1.807) is 11.7 Å². The molecule has 0 unspecified atom stereocenters. The van der Waals surface area contributed by atoms with Crippen molar-refractivity contribution in [1.82, 2.24) is 4.57 Å². The van der Waals surface area contributed by atoms with E-state index in [0.29, 0.717) is 17.7 Å². The maximum absolute atomic E-state index is 12.4. The van der Waals surface area contributed by atoms with E-state index in [1.807, 2.05) is 44.2 Å². The van der Waals surface area contributed by atoms with Gasteiger partial charge in [0.05, 0.1) is 12.1 Å². The Hall–Kier alpha value is -1.81. The van der Waals surface area contributed by atoms with Gasteiger partial charge in [-0.25, -0.2) is 0 Å². The standard InChI is InChI=1S/C14H18N2O2/c1-14(2,18-3)9-16-12(15)8-10-6-4-5-7-11(10)13(16)17/h4-8H,9,15H2,1-3H3. The number of methoxy groups -OCH3 is 1. The minimum Gasteiger partial charge on any atom is -0.385 e. The summed E-state index contributed by atoms with van der Waals surface area (Å²) in [4.78, 5) is 12.4. The van der Waals surface area contributed by atoms with Crippen molar-refractivity contribution in [3.63, 3.8) is 0 Å². The summed E-state index contributed by atoms with van der Waals surface area (Å²) >= 11 is 0. The molecule has 0 bridgehead atoms. The molecule has 1 aromatic heterocycles. The third-order valence-electron chi connectivity index (χ3n) is 3.14. The molecule has 0 saturated heterocycles. The molecule has 0 amide bonds. The molecule has 4 nitrogen and oxygen atoms in total. The number of rotatable bonds is 3. The number of nitrogens with zero attached hydrogens (tertiary/aromatic N) is 1. The Kier molecular flexibility index (Phi) is 3.13. The SMILES string of the molecule is COC(C)(C)Cn1c(N)cc2ccccc2c1=O. The second-order valence-corrected chi connectivity index (χ2v) is 5.01. The van der Waals surface area contributed by atoms with E-state index in [0.717, 1.165) is 5.39 Å². The molecule has 2 N–H and O–H groups in total. The fourth-order valence-electron chi connectivity index (χ4n) is 1.93. The molecular formula is C14H18N2O2. The molecule has 0 aliphatic rings. The van der Waals surface area contributed by atoms with Crippen LogP contribution >= 0.6 is 0 Å². The van der Waals surface area contributed by atoms with E-state index in [-0.39, 0.29) is 5.56 Å². The predicted octanol–water partition coefficient (Wildman–Crippen LogP) is 2.01. The second-order valence-electron chi connectivity index (χ2n) is 5.01. The smallest absolute Gasteiger partial charge is 0.260 e. The fourth-order valence-corrected chi connectivity index (χ4v) is 1.93. The highest BCUT2D eigenvalue weighted by Gasteiger charge is 2.19. The number of fused-ring (bicyclic) bond motifs is 1. The van der Waals surface area contributed by atoms with Gasteiger partial charge >= 0.3 is 0 Å². The minimum absolute atomic E-state index is 0.0734. The molecule has 0 saturated carbocycles. The van der Waals surface area contributed by atoms with Crippen LogP contribution in [0.15, 0.2) is 35.1 Å². The van der Waals surface area contributed by atoms with Gasteiger partial charge in [-0.2, -0.15) is 0 Å². The predicted molar refractivity (Wildman–Crippen MR) is 73.7 cm³/mol. The Balaban J connectivity index is 2.61. The van der Waals surface area contributed by atoms with Gasteiger partial charge in [0.1, 0.15) is 5.82 Å². The third kappa shape index (κ3) is 2.24. The van der Waals surface area contributed by atoms with Gasteiger partial charge in [-0.1, -0.05) is 18.2 Å². The zero-order valence-corrected chi connectivity index (χ0v) is 10.9. The highest BCUT2D eigenvalue weighted by Crippen LogP contribution is 2.17. The second kappa shape index (κ2) is 4.46. The van der Waals surface area contributed by atoms with Gasteiger partial charge in [-0.15, -0.1) is 0 Å². The lowest BCUT2D eigenvalue weighted by Gasteiger charge is -2.25. The van der Waals surface area contributed by atoms with Crippen LogP contribution in [0, 0.1) is 0 Å². The highest BCUT2D eigenvalue weighted by molar-refractivity contribution is 5.83. The Morgan fingerprint density at radius 3 is 2.67 bits per heavy atom. The number of ether oxygens (including phenoxy) is 1. The summed E-state index contributed by atoms with van der Waals surface area (Å²) in [5, 5.41) is 1.55. The molecule has 2 rings (SSSR count). The van der Waals surface area contributed by atoms with Crippen LogP contribution in [-0.4, -0.2) is 17.3 Å². The maximum Gasteiger partial charge on any atom is 0.260 e. The van der Waals surface area contributed by atoms with E-state index < -0.39 is 5.60 Å². The first-order valence-corrected chi connectivity index (χ1v) is 5.88. The number of hydrogen-bond acceptors (Lipinski definition) is 3. The van der Waals surface area contributed by atoms with Gasteiger partial charge in [-0.3, -0.25) is 9.36 Å². The van der Waals surface area contributed by atoms with Crippen molar-refractivity contribution >= 4 is 16.6 Å². The molecule has 0 fully saturated rings. The number of nitrogens with two attached hydrogens (primary N) is 1. The van der Waals surface area contributed by atoms with Crippen molar-refractivity contribution in [3.05, 3.63) is 40.7 Å². The van der Waals surface area contributed by atoms with Crippen LogP contribution < -0.4 is 11.3 Å². The first kappa shape index (κ1) is 12.6. The molecule has 0 radical (unpaired) electrons. The zero-order chi connectivity index (χ0) is 13.3. The van der Waals surface area contributed by atoms with Crippen molar-refractivity contribution in [3.8, 4) is 0 Å². The highest BCUT2D eigenvalue weighted by atomic mass is 16.5. The minimum atomic E-state index is -0.430. The topological polar surface area (TPSA) is 57.2 Å². The number of anilines is 1. The normalized spacial score (nSPS) is 11.9. The van der Waals surface area contributed by atoms with E-state index in [1.165, 1.54) is 0 Å². The molecular weight excluding hydrogens is 228 g/mol. The molecule has 1 aromatic carbocycles. The quantitative estimate of drug-likeness (QED) is 0.901. The summed E-state index contributed by atoms with van der Waals surface area (Å²) < 4.78 is 6.91. The molecule has 0 aliphatic heterocycles. The van der Waals surface area contributed by atoms with Gasteiger partial charge < -0.3 is 10.5 Å². The van der Waals surface area contributed by atoms with E-state index >= 15 is 0 Å². The number of aromatic nitrogens is 1. The van der Waals surface area contributed by atoms with Crippen LogP contribution in [0.3, 0.4) is 0 Å². The van der Waals surface area contributed by atoms with E-state index in [2.05, 4.69) is 0 Å². The van der Waals surface area contributed by atoms with Crippen molar-refractivity contribution < 1.29 is 4.74 Å². The van der Waals surface area contributed by atoms with Gasteiger partial charge in [0.2, 0.25) is 0 Å². The average Bonchev–Trinajstić information content (AvgIpc) is 2.34. The molecule has 0 aliphatic carbocycles. The van der Waals surface area contributed by atoms with Gasteiger partial charge in [0.25, 0.3) is 5.56 Å². The van der Waals surface area contributed by atoms with Crippen LogP contribution in [0.2, 0.25) is 0 Å². The maximum atomic E-state index is 12.4. The van der Waals surface area contributed by atoms with Crippen LogP contribution in [0.4, 0.5) is 5.82 Å². The number of hydrogen-bond donors (Lipinski definition) is 1. The summed E-state index contributed by atoms with van der Waals surface area (Å²) in [6, 6.07) is 9.27. The molecule has 1 heterocycles. The Morgan fingerprint density at radius 1 is 1.33 bits per heavy atom. The van der Waals surface area contributed by atoms with Crippen molar-refractivity contribution in [1.29, 1.82) is 0 Å². The lowest BCUT2D eigenvalue weighted by atomic mass is 10.1. The molecule has 18 heavy (non-hydrogen) atoms. The Labute approximate surface area is 106 Å². The van der Waals surface area contributed by atoms with Crippen LogP contribution in [0.5, 0.6) is 0 Å². The molecule has 96 valence electrons. The lowest BCUT2D eigenvalue weighted by Crippen LogP contribution is -2.35. The summed E-state index contributed by atoms with van der Waals surface area (Å²) in [6.07, 6.45) is 0. The monoisotopic (exact) mass is 246 g/mol. The van der Waals surface area contributed by atoms with Crippen LogP contribution in [0.25, 0.3) is 10.8 Å². The summed E-state index contributed by atoms with van der Waals surface area (Å²) in [5.74, 6) is 0.462.